The van der Waals surface area contributed by atoms with Crippen LogP contribution in [0.15, 0.2) is 41.2 Å². The second-order valence-corrected chi connectivity index (χ2v) is 5.68. The standard InChI is InChI=1S/C18H18ClF2NO2/c1-3-4-5-8-22-12(2)9-16(17(19)18(22)23)24-11-13-6-7-14(20)10-15(13)21/h3-4,6-7,9-10H,5,8,11H2,1-2H3/b4-3-. The van der Waals surface area contributed by atoms with Gasteiger partial charge in [0.05, 0.1) is 0 Å². The highest BCUT2D eigenvalue weighted by atomic mass is 35.5. The minimum Gasteiger partial charge on any atom is -0.487 e. The number of pyridine rings is 1. The lowest BCUT2D eigenvalue weighted by Crippen LogP contribution is -2.23. The van der Waals surface area contributed by atoms with E-state index in [2.05, 4.69) is 0 Å². The molecule has 1 aromatic heterocycles. The van der Waals surface area contributed by atoms with E-state index in [1.165, 1.54) is 6.07 Å². The molecule has 0 aliphatic heterocycles. The maximum Gasteiger partial charge on any atom is 0.273 e. The molecule has 2 aromatic rings. The van der Waals surface area contributed by atoms with E-state index in [1.54, 1.807) is 17.6 Å². The molecule has 0 fully saturated rings. The van der Waals surface area contributed by atoms with Gasteiger partial charge >= 0.3 is 0 Å². The zero-order chi connectivity index (χ0) is 17.7. The topological polar surface area (TPSA) is 31.2 Å². The summed E-state index contributed by atoms with van der Waals surface area (Å²) in [5.74, 6) is -1.18. The minimum atomic E-state index is -0.706. The van der Waals surface area contributed by atoms with Crippen LogP contribution < -0.4 is 10.3 Å². The second-order valence-electron chi connectivity index (χ2n) is 5.30. The van der Waals surface area contributed by atoms with Crippen molar-refractivity contribution in [2.75, 3.05) is 0 Å². The number of halogens is 3. The number of hydrogen-bond acceptors (Lipinski definition) is 2. The molecule has 6 heteroatoms. The Morgan fingerprint density at radius 1 is 1.29 bits per heavy atom. The SMILES string of the molecule is C/C=C\CCn1c(C)cc(OCc2ccc(F)cc2F)c(Cl)c1=O. The van der Waals surface area contributed by atoms with Crippen LogP contribution in [0, 0.1) is 18.6 Å². The van der Waals surface area contributed by atoms with Crippen LogP contribution in [0.1, 0.15) is 24.6 Å². The summed E-state index contributed by atoms with van der Waals surface area (Å²) < 4.78 is 33.6. The molecular weight excluding hydrogens is 336 g/mol. The van der Waals surface area contributed by atoms with Gasteiger partial charge in [0.25, 0.3) is 5.56 Å². The lowest BCUT2D eigenvalue weighted by Gasteiger charge is -2.14. The Morgan fingerprint density at radius 3 is 2.71 bits per heavy atom. The summed E-state index contributed by atoms with van der Waals surface area (Å²) in [5, 5.41) is -0.0522. The third-order valence-corrected chi connectivity index (χ3v) is 3.92. The van der Waals surface area contributed by atoms with Crippen molar-refractivity contribution in [1.82, 2.24) is 4.57 Å². The van der Waals surface area contributed by atoms with E-state index < -0.39 is 11.6 Å². The average molecular weight is 354 g/mol. The number of hydrogen-bond donors (Lipinski definition) is 0. The van der Waals surface area contributed by atoms with Crippen LogP contribution in [0.4, 0.5) is 8.78 Å². The lowest BCUT2D eigenvalue weighted by atomic mass is 10.2. The molecule has 0 amide bonds. The van der Waals surface area contributed by atoms with Crippen molar-refractivity contribution in [3.05, 3.63) is 74.7 Å². The van der Waals surface area contributed by atoms with Crippen molar-refractivity contribution in [1.29, 1.82) is 0 Å². The Balaban J connectivity index is 2.20. The zero-order valence-corrected chi connectivity index (χ0v) is 14.2. The van der Waals surface area contributed by atoms with E-state index in [1.807, 2.05) is 19.1 Å². The molecule has 0 atom stereocenters. The Labute approximate surface area is 144 Å². The quantitative estimate of drug-likeness (QED) is 0.709. The molecule has 1 aromatic carbocycles. The molecule has 0 N–H and O–H groups in total. The lowest BCUT2D eigenvalue weighted by molar-refractivity contribution is 0.298. The Hall–Kier alpha value is -2.14. The number of allylic oxidation sites excluding steroid dienone is 2. The summed E-state index contributed by atoms with van der Waals surface area (Å²) in [6.07, 6.45) is 4.59. The molecule has 3 nitrogen and oxygen atoms in total. The minimum absolute atomic E-state index is 0.0522. The van der Waals surface area contributed by atoms with Crippen molar-refractivity contribution in [3.63, 3.8) is 0 Å². The van der Waals surface area contributed by atoms with Gasteiger partial charge < -0.3 is 9.30 Å². The fourth-order valence-corrected chi connectivity index (χ4v) is 2.47. The van der Waals surface area contributed by atoms with Crippen molar-refractivity contribution in [3.8, 4) is 5.75 Å². The highest BCUT2D eigenvalue weighted by Crippen LogP contribution is 2.23. The Morgan fingerprint density at radius 2 is 2.04 bits per heavy atom. The third kappa shape index (κ3) is 4.23. The number of ether oxygens (including phenoxy) is 1. The highest BCUT2D eigenvalue weighted by molar-refractivity contribution is 6.31. The van der Waals surface area contributed by atoms with Gasteiger partial charge in [0.2, 0.25) is 0 Å². The van der Waals surface area contributed by atoms with Crippen LogP contribution in [-0.2, 0) is 13.2 Å². The molecule has 0 aliphatic rings. The second kappa shape index (κ2) is 8.11. The Bertz CT molecular complexity index is 815. The molecule has 128 valence electrons. The molecule has 24 heavy (non-hydrogen) atoms. The number of aryl methyl sites for hydroxylation is 1. The molecule has 0 bridgehead atoms. The van der Waals surface area contributed by atoms with Crippen LogP contribution in [0.25, 0.3) is 0 Å². The van der Waals surface area contributed by atoms with Crippen LogP contribution in [-0.4, -0.2) is 4.57 Å². The Kier molecular flexibility index (Phi) is 6.15. The maximum atomic E-state index is 13.6. The number of rotatable bonds is 6. The number of aromatic nitrogens is 1. The van der Waals surface area contributed by atoms with Gasteiger partial charge in [0.1, 0.15) is 29.0 Å². The smallest absolute Gasteiger partial charge is 0.273 e. The number of benzene rings is 1. The summed E-state index contributed by atoms with van der Waals surface area (Å²) in [4.78, 5) is 12.3. The molecule has 0 unspecified atom stereocenters. The molecule has 0 saturated heterocycles. The van der Waals surface area contributed by atoms with Crippen LogP contribution >= 0.6 is 11.6 Å². The molecule has 0 spiro atoms. The van der Waals surface area contributed by atoms with Crippen molar-refractivity contribution in [2.45, 2.75) is 33.4 Å². The van der Waals surface area contributed by atoms with E-state index in [-0.39, 0.29) is 28.5 Å². The van der Waals surface area contributed by atoms with Crippen LogP contribution in [0.3, 0.4) is 0 Å². The summed E-state index contributed by atoms with van der Waals surface area (Å²) in [6, 6.07) is 4.86. The monoisotopic (exact) mass is 353 g/mol. The molecular formula is C18H18ClF2NO2. The molecule has 0 saturated carbocycles. The predicted octanol–water partition coefficient (Wildman–Crippen LogP) is 4.63. The largest absolute Gasteiger partial charge is 0.487 e. The molecule has 0 radical (unpaired) electrons. The van der Waals surface area contributed by atoms with Crippen molar-refractivity contribution >= 4 is 11.6 Å². The van der Waals surface area contributed by atoms with Gasteiger partial charge in [-0.05, 0) is 32.4 Å². The van der Waals surface area contributed by atoms with E-state index in [0.29, 0.717) is 18.7 Å². The summed E-state index contributed by atoms with van der Waals surface area (Å²) in [7, 11) is 0. The van der Waals surface area contributed by atoms with E-state index in [0.717, 1.165) is 12.1 Å². The van der Waals surface area contributed by atoms with Crippen molar-refractivity contribution in [2.24, 2.45) is 0 Å². The van der Waals surface area contributed by atoms with Gasteiger partial charge in [-0.1, -0.05) is 23.8 Å². The average Bonchev–Trinajstić information content (AvgIpc) is 2.54. The first-order chi connectivity index (χ1) is 11.4. The zero-order valence-electron chi connectivity index (χ0n) is 13.5. The first-order valence-corrected chi connectivity index (χ1v) is 7.89. The van der Waals surface area contributed by atoms with Crippen LogP contribution in [0.2, 0.25) is 5.02 Å². The number of nitrogens with zero attached hydrogens (tertiary/aromatic N) is 1. The van der Waals surface area contributed by atoms with Gasteiger partial charge in [-0.15, -0.1) is 0 Å². The molecule has 0 aliphatic carbocycles. The van der Waals surface area contributed by atoms with Crippen LogP contribution in [0.5, 0.6) is 5.75 Å². The van der Waals surface area contributed by atoms with E-state index in [9.17, 15) is 13.6 Å². The summed E-state index contributed by atoms with van der Waals surface area (Å²) in [5.41, 5.74) is 0.529. The molecule has 2 rings (SSSR count). The first-order valence-electron chi connectivity index (χ1n) is 7.52. The van der Waals surface area contributed by atoms with Gasteiger partial charge in [0.15, 0.2) is 0 Å². The van der Waals surface area contributed by atoms with Gasteiger partial charge in [-0.3, -0.25) is 4.79 Å². The van der Waals surface area contributed by atoms with E-state index in [4.69, 9.17) is 16.3 Å². The van der Waals surface area contributed by atoms with Crippen molar-refractivity contribution < 1.29 is 13.5 Å². The molecule has 1 heterocycles. The first kappa shape index (κ1) is 18.2. The van der Waals surface area contributed by atoms with E-state index >= 15 is 0 Å². The van der Waals surface area contributed by atoms with Gasteiger partial charge in [-0.2, -0.15) is 0 Å². The fraction of sp³-hybridized carbons (Fsp3) is 0.278. The normalized spacial score (nSPS) is 11.2. The predicted molar refractivity (Wildman–Crippen MR) is 90.6 cm³/mol. The van der Waals surface area contributed by atoms with Gasteiger partial charge in [-0.25, -0.2) is 8.78 Å². The van der Waals surface area contributed by atoms with Gasteiger partial charge in [0, 0.05) is 29.9 Å². The summed E-state index contributed by atoms with van der Waals surface area (Å²) in [6.45, 7) is 4.06. The highest BCUT2D eigenvalue weighted by Gasteiger charge is 2.13. The summed E-state index contributed by atoms with van der Waals surface area (Å²) >= 11 is 6.08. The third-order valence-electron chi connectivity index (χ3n) is 3.57. The fourth-order valence-electron chi connectivity index (χ4n) is 2.26. The maximum absolute atomic E-state index is 13.6.